The third-order valence-electron chi connectivity index (χ3n) is 4.37. The molecule has 5 nitrogen and oxygen atoms in total. The van der Waals surface area contributed by atoms with Gasteiger partial charge in [0, 0.05) is 23.4 Å². The molecule has 0 spiro atoms. The van der Waals surface area contributed by atoms with E-state index in [1.807, 2.05) is 24.3 Å². The van der Waals surface area contributed by atoms with Gasteiger partial charge in [0.05, 0.1) is 6.54 Å². The fourth-order valence-corrected chi connectivity index (χ4v) is 3.88. The summed E-state index contributed by atoms with van der Waals surface area (Å²) in [5.41, 5.74) is 1.45. The van der Waals surface area contributed by atoms with Crippen LogP contribution in [0.25, 0.3) is 0 Å². The van der Waals surface area contributed by atoms with Gasteiger partial charge in [-0.25, -0.2) is 4.98 Å². The number of thiazole rings is 1. The van der Waals surface area contributed by atoms with Gasteiger partial charge in [-0.3, -0.25) is 9.59 Å². The van der Waals surface area contributed by atoms with Gasteiger partial charge in [0.25, 0.3) is 5.91 Å². The van der Waals surface area contributed by atoms with Crippen LogP contribution >= 0.6 is 22.9 Å². The van der Waals surface area contributed by atoms with E-state index in [1.165, 1.54) is 11.3 Å². The fraction of sp³-hybridized carbons (Fsp3) is 0.350. The highest BCUT2D eigenvalue weighted by Crippen LogP contribution is 2.20. The normalized spacial score (nSPS) is 15.7. The van der Waals surface area contributed by atoms with Crippen molar-refractivity contribution in [2.45, 2.75) is 32.2 Å². The summed E-state index contributed by atoms with van der Waals surface area (Å²) >= 11 is 7.33. The summed E-state index contributed by atoms with van der Waals surface area (Å²) in [6, 6.07) is 7.58. The molecule has 142 valence electrons. The highest BCUT2D eigenvalue weighted by Gasteiger charge is 2.15. The van der Waals surface area contributed by atoms with Gasteiger partial charge in [0.1, 0.15) is 10.7 Å². The molecule has 0 saturated heterocycles. The van der Waals surface area contributed by atoms with E-state index in [9.17, 15) is 9.59 Å². The van der Waals surface area contributed by atoms with E-state index in [0.29, 0.717) is 42.6 Å². The van der Waals surface area contributed by atoms with Crippen LogP contribution in [-0.2, 0) is 17.8 Å². The Labute approximate surface area is 167 Å². The molecule has 0 bridgehead atoms. The number of carbonyl (C=O) groups excluding carboxylic acids is 2. The van der Waals surface area contributed by atoms with Crippen molar-refractivity contribution in [2.24, 2.45) is 5.92 Å². The molecule has 1 unspecified atom stereocenters. The number of nitrogens with zero attached hydrogens (tertiary/aromatic N) is 1. The zero-order valence-electron chi connectivity index (χ0n) is 14.9. The maximum Gasteiger partial charge on any atom is 0.270 e. The van der Waals surface area contributed by atoms with Gasteiger partial charge < -0.3 is 10.6 Å². The van der Waals surface area contributed by atoms with Crippen LogP contribution in [0.15, 0.2) is 41.8 Å². The lowest BCUT2D eigenvalue weighted by molar-refractivity contribution is -0.121. The molecule has 1 aromatic heterocycles. The van der Waals surface area contributed by atoms with Gasteiger partial charge in [-0.05, 0) is 42.9 Å². The van der Waals surface area contributed by atoms with E-state index < -0.39 is 0 Å². The molecule has 2 N–H and O–H groups in total. The number of rotatable bonds is 8. The van der Waals surface area contributed by atoms with Gasteiger partial charge >= 0.3 is 0 Å². The first-order valence-corrected chi connectivity index (χ1v) is 10.3. The number of hydrogen-bond acceptors (Lipinski definition) is 4. The second-order valence-corrected chi connectivity index (χ2v) is 7.89. The van der Waals surface area contributed by atoms with Crippen LogP contribution < -0.4 is 10.6 Å². The van der Waals surface area contributed by atoms with Crippen molar-refractivity contribution in [3.8, 4) is 0 Å². The Kier molecular flexibility index (Phi) is 7.01. The van der Waals surface area contributed by atoms with Crippen LogP contribution in [0.4, 0.5) is 0 Å². The predicted molar refractivity (Wildman–Crippen MR) is 108 cm³/mol. The first kappa shape index (κ1) is 19.6. The number of aromatic nitrogens is 1. The van der Waals surface area contributed by atoms with E-state index in [4.69, 9.17) is 11.6 Å². The SMILES string of the molecule is O=C(CC1C=CCC1)NCc1nc(C(=O)NCCc2cccc(Cl)c2)cs1. The lowest BCUT2D eigenvalue weighted by Crippen LogP contribution is -2.26. The van der Waals surface area contributed by atoms with E-state index in [-0.39, 0.29) is 11.8 Å². The van der Waals surface area contributed by atoms with Crippen LogP contribution in [0.1, 0.15) is 40.3 Å². The maximum absolute atomic E-state index is 12.2. The Morgan fingerprint density at radius 1 is 1.30 bits per heavy atom. The van der Waals surface area contributed by atoms with Crippen LogP contribution in [-0.4, -0.2) is 23.3 Å². The molecular weight excluding hydrogens is 382 g/mol. The van der Waals surface area contributed by atoms with Crippen molar-refractivity contribution < 1.29 is 9.59 Å². The Morgan fingerprint density at radius 2 is 2.19 bits per heavy atom. The van der Waals surface area contributed by atoms with Crippen LogP contribution in [0.2, 0.25) is 5.02 Å². The third kappa shape index (κ3) is 6.19. The number of halogens is 1. The summed E-state index contributed by atoms with van der Waals surface area (Å²) in [7, 11) is 0. The van der Waals surface area contributed by atoms with Crippen molar-refractivity contribution in [3.05, 3.63) is 63.1 Å². The van der Waals surface area contributed by atoms with Crippen LogP contribution in [0.5, 0.6) is 0 Å². The average Bonchev–Trinajstić information content (AvgIpc) is 3.32. The molecule has 1 atom stereocenters. The monoisotopic (exact) mass is 403 g/mol. The van der Waals surface area contributed by atoms with Gasteiger partial charge in [0.2, 0.25) is 5.91 Å². The summed E-state index contributed by atoms with van der Waals surface area (Å²) in [6.07, 6.45) is 7.54. The molecule has 0 aliphatic heterocycles. The Hall–Kier alpha value is -2.18. The van der Waals surface area contributed by atoms with E-state index in [2.05, 4.69) is 27.8 Å². The summed E-state index contributed by atoms with van der Waals surface area (Å²) in [4.78, 5) is 28.5. The van der Waals surface area contributed by atoms with Crippen LogP contribution in [0.3, 0.4) is 0 Å². The molecule has 1 aliphatic carbocycles. The molecule has 2 aromatic rings. The number of benzene rings is 1. The standard InChI is InChI=1S/C20H22ClN3O2S/c21-16-7-3-6-15(10-16)8-9-22-20(26)17-13-27-19(24-17)12-23-18(25)11-14-4-1-2-5-14/h1,3-4,6-7,10,13-14H,2,5,8-9,11-12H2,(H,22,26)(H,23,25). The first-order chi connectivity index (χ1) is 13.1. The zero-order chi connectivity index (χ0) is 19.1. The second kappa shape index (κ2) is 9.67. The number of nitrogens with one attached hydrogen (secondary N) is 2. The lowest BCUT2D eigenvalue weighted by Gasteiger charge is -2.07. The molecule has 1 heterocycles. The molecular formula is C20H22ClN3O2S. The first-order valence-electron chi connectivity index (χ1n) is 9.00. The Balaban J connectivity index is 1.40. The smallest absolute Gasteiger partial charge is 0.270 e. The van der Waals surface area contributed by atoms with Gasteiger partial charge in [0.15, 0.2) is 0 Å². The maximum atomic E-state index is 12.2. The molecule has 0 saturated carbocycles. The molecule has 7 heteroatoms. The molecule has 1 aliphatic rings. The highest BCUT2D eigenvalue weighted by atomic mass is 35.5. The van der Waals surface area contributed by atoms with Crippen molar-refractivity contribution in [3.63, 3.8) is 0 Å². The molecule has 0 fully saturated rings. The van der Waals surface area contributed by atoms with Crippen molar-refractivity contribution in [1.82, 2.24) is 15.6 Å². The molecule has 27 heavy (non-hydrogen) atoms. The largest absolute Gasteiger partial charge is 0.350 e. The van der Waals surface area contributed by atoms with E-state index in [1.54, 1.807) is 5.38 Å². The summed E-state index contributed by atoms with van der Waals surface area (Å²) in [6.45, 7) is 0.868. The molecule has 2 amide bonds. The minimum atomic E-state index is -0.207. The minimum Gasteiger partial charge on any atom is -0.350 e. The van der Waals surface area contributed by atoms with Crippen molar-refractivity contribution in [2.75, 3.05) is 6.54 Å². The highest BCUT2D eigenvalue weighted by molar-refractivity contribution is 7.09. The number of allylic oxidation sites excluding steroid dienone is 2. The van der Waals surface area contributed by atoms with Crippen LogP contribution in [0, 0.1) is 5.92 Å². The third-order valence-corrected chi connectivity index (χ3v) is 5.45. The molecule has 1 aromatic carbocycles. The fourth-order valence-electron chi connectivity index (χ4n) is 2.95. The Bertz CT molecular complexity index is 834. The summed E-state index contributed by atoms with van der Waals surface area (Å²) in [5, 5.41) is 8.87. The quantitative estimate of drug-likeness (QED) is 0.659. The van der Waals surface area contributed by atoms with E-state index >= 15 is 0 Å². The van der Waals surface area contributed by atoms with Crippen molar-refractivity contribution >= 4 is 34.8 Å². The second-order valence-electron chi connectivity index (χ2n) is 6.51. The van der Waals surface area contributed by atoms with Crippen molar-refractivity contribution in [1.29, 1.82) is 0 Å². The lowest BCUT2D eigenvalue weighted by atomic mass is 10.1. The topological polar surface area (TPSA) is 71.1 Å². The number of hydrogen-bond donors (Lipinski definition) is 2. The minimum absolute atomic E-state index is 0.0225. The average molecular weight is 404 g/mol. The van der Waals surface area contributed by atoms with Gasteiger partial charge in [-0.1, -0.05) is 35.9 Å². The number of carbonyl (C=O) groups is 2. The predicted octanol–water partition coefficient (Wildman–Crippen LogP) is 3.74. The molecule has 3 rings (SSSR count). The number of amides is 2. The zero-order valence-corrected chi connectivity index (χ0v) is 16.5. The van der Waals surface area contributed by atoms with Gasteiger partial charge in [-0.15, -0.1) is 11.3 Å². The summed E-state index contributed by atoms with van der Waals surface area (Å²) < 4.78 is 0. The van der Waals surface area contributed by atoms with Gasteiger partial charge in [-0.2, -0.15) is 0 Å². The Morgan fingerprint density at radius 3 is 2.96 bits per heavy atom. The molecule has 0 radical (unpaired) electrons. The summed E-state index contributed by atoms with van der Waals surface area (Å²) in [5.74, 6) is 0.165. The van der Waals surface area contributed by atoms with E-state index in [0.717, 1.165) is 23.4 Å².